The molecule has 1 saturated heterocycles. The molecule has 0 aromatic rings. The summed E-state index contributed by atoms with van der Waals surface area (Å²) in [6.07, 6.45) is 2.27. The second-order valence-corrected chi connectivity index (χ2v) is 6.80. The summed E-state index contributed by atoms with van der Waals surface area (Å²) in [5, 5.41) is 0. The first-order valence-electron chi connectivity index (χ1n) is 4.47. The maximum Gasteiger partial charge on any atom is 0.438 e. The summed E-state index contributed by atoms with van der Waals surface area (Å²) < 4.78 is 53.0. The summed E-state index contributed by atoms with van der Waals surface area (Å²) in [6, 6.07) is 0. The van der Waals surface area contributed by atoms with Gasteiger partial charge >= 0.3 is 6.09 Å². The van der Waals surface area contributed by atoms with Crippen molar-refractivity contribution in [2.24, 2.45) is 5.84 Å². The molecule has 11 heteroatoms. The Morgan fingerprint density at radius 3 is 2.67 bits per heavy atom. The number of carbonyl (C=O) groups is 1. The van der Waals surface area contributed by atoms with E-state index in [9.17, 15) is 21.6 Å². The van der Waals surface area contributed by atoms with Gasteiger partial charge in [0.05, 0.1) is 0 Å². The summed E-state index contributed by atoms with van der Waals surface area (Å²) >= 11 is 0. The molecule has 1 fully saturated rings. The standard InChI is InChI=1S/C7H10N2O7S2/c1-2-3-17(11,12)9(8)7(10)16-6-4-15-18(13,14)5-6/h1,6H,3-5,8H2. The van der Waals surface area contributed by atoms with E-state index in [1.807, 2.05) is 5.92 Å². The number of nitrogens with zero attached hydrogens (tertiary/aromatic N) is 1. The first-order chi connectivity index (χ1) is 8.18. The van der Waals surface area contributed by atoms with Crippen LogP contribution in [-0.2, 0) is 29.1 Å². The fourth-order valence-electron chi connectivity index (χ4n) is 1.05. The zero-order valence-electron chi connectivity index (χ0n) is 8.97. The average Bonchev–Trinajstić information content (AvgIpc) is 2.56. The Bertz CT molecular complexity index is 573. The maximum atomic E-state index is 11.3. The molecule has 1 aliphatic rings. The van der Waals surface area contributed by atoms with E-state index in [0.717, 1.165) is 0 Å². The molecule has 1 unspecified atom stereocenters. The van der Waals surface area contributed by atoms with Crippen LogP contribution in [0.15, 0.2) is 0 Å². The molecule has 1 heterocycles. The van der Waals surface area contributed by atoms with Crippen LogP contribution >= 0.6 is 0 Å². The highest BCUT2D eigenvalue weighted by molar-refractivity contribution is 7.89. The number of hydrogen-bond acceptors (Lipinski definition) is 8. The molecule has 1 atom stereocenters. The van der Waals surface area contributed by atoms with Crippen LogP contribution in [-0.4, -0.2) is 51.6 Å². The van der Waals surface area contributed by atoms with E-state index in [0.29, 0.717) is 0 Å². The monoisotopic (exact) mass is 298 g/mol. The average molecular weight is 298 g/mol. The van der Waals surface area contributed by atoms with Gasteiger partial charge in [-0.3, -0.25) is 4.18 Å². The Labute approximate surface area is 104 Å². The minimum absolute atomic E-state index is 0.169. The number of terminal acetylenes is 1. The predicted octanol–water partition coefficient (Wildman–Crippen LogP) is -2.01. The number of hydrazine groups is 1. The summed E-state index contributed by atoms with van der Waals surface area (Å²) in [6.45, 7) is -0.378. The van der Waals surface area contributed by atoms with Gasteiger partial charge in [-0.25, -0.2) is 19.1 Å². The second-order valence-electron chi connectivity index (χ2n) is 3.27. The van der Waals surface area contributed by atoms with Gasteiger partial charge in [0, 0.05) is 0 Å². The SMILES string of the molecule is C#CCS(=O)(=O)N(N)C(=O)OC1COS(=O)(=O)C1. The fourth-order valence-corrected chi connectivity index (χ4v) is 2.75. The lowest BCUT2D eigenvalue weighted by atomic mass is 10.4. The van der Waals surface area contributed by atoms with Crippen molar-refractivity contribution in [2.45, 2.75) is 6.10 Å². The van der Waals surface area contributed by atoms with E-state index >= 15 is 0 Å². The topological polar surface area (TPSA) is 133 Å². The van der Waals surface area contributed by atoms with Crippen LogP contribution in [0, 0.1) is 12.3 Å². The third-order valence-corrected chi connectivity index (χ3v) is 4.39. The summed E-state index contributed by atoms with van der Waals surface area (Å²) in [7, 11) is -7.90. The Hall–Kier alpha value is -1.35. The minimum atomic E-state index is -4.17. The first-order valence-corrected chi connectivity index (χ1v) is 7.65. The molecule has 0 spiro atoms. The quantitative estimate of drug-likeness (QED) is 0.208. The fraction of sp³-hybridized carbons (Fsp3) is 0.571. The lowest BCUT2D eigenvalue weighted by Gasteiger charge is -2.16. The summed E-state index contributed by atoms with van der Waals surface area (Å²) in [5.41, 5.74) is 0. The van der Waals surface area contributed by atoms with E-state index in [2.05, 4.69) is 8.92 Å². The molecule has 2 N–H and O–H groups in total. The third-order valence-electron chi connectivity index (χ3n) is 1.84. The summed E-state index contributed by atoms with van der Waals surface area (Å²) in [4.78, 5) is 11.3. The number of ether oxygens (including phenoxy) is 1. The molecule has 18 heavy (non-hydrogen) atoms. The van der Waals surface area contributed by atoms with Crippen LogP contribution in [0.2, 0.25) is 0 Å². The van der Waals surface area contributed by atoms with Crippen molar-refractivity contribution >= 4 is 26.2 Å². The number of rotatable bonds is 3. The van der Waals surface area contributed by atoms with Gasteiger partial charge in [0.25, 0.3) is 20.1 Å². The van der Waals surface area contributed by atoms with E-state index in [1.54, 1.807) is 0 Å². The van der Waals surface area contributed by atoms with E-state index in [4.69, 9.17) is 12.3 Å². The largest absolute Gasteiger partial charge is 0.441 e. The van der Waals surface area contributed by atoms with Crippen molar-refractivity contribution < 1.29 is 30.6 Å². The highest BCUT2D eigenvalue weighted by Crippen LogP contribution is 2.13. The molecule has 0 aliphatic carbocycles. The first kappa shape index (κ1) is 14.7. The van der Waals surface area contributed by atoms with E-state index in [-0.39, 0.29) is 11.0 Å². The van der Waals surface area contributed by atoms with Crippen molar-refractivity contribution in [3.63, 3.8) is 0 Å². The molecular weight excluding hydrogens is 288 g/mol. The Morgan fingerprint density at radius 2 is 2.22 bits per heavy atom. The molecule has 0 bridgehead atoms. The molecule has 0 saturated carbocycles. The predicted molar refractivity (Wildman–Crippen MR) is 58.7 cm³/mol. The van der Waals surface area contributed by atoms with Crippen LogP contribution < -0.4 is 5.84 Å². The molecule has 0 aromatic carbocycles. The van der Waals surface area contributed by atoms with Crippen molar-refractivity contribution in [2.75, 3.05) is 18.1 Å². The molecule has 102 valence electrons. The van der Waals surface area contributed by atoms with Crippen molar-refractivity contribution in [3.8, 4) is 12.3 Å². The molecule has 9 nitrogen and oxygen atoms in total. The van der Waals surface area contributed by atoms with E-state index < -0.39 is 43.8 Å². The minimum Gasteiger partial charge on any atom is -0.441 e. The Kier molecular flexibility index (Phi) is 4.17. The van der Waals surface area contributed by atoms with Gasteiger partial charge in [-0.2, -0.15) is 8.42 Å². The highest BCUT2D eigenvalue weighted by atomic mass is 32.2. The molecule has 1 amide bonds. The van der Waals surface area contributed by atoms with Gasteiger partial charge in [0.1, 0.15) is 24.2 Å². The van der Waals surface area contributed by atoms with Gasteiger partial charge in [0.2, 0.25) is 0 Å². The number of sulfonamides is 1. The Balaban J connectivity index is 2.65. The number of amides is 1. The second kappa shape index (κ2) is 5.11. The van der Waals surface area contributed by atoms with Crippen molar-refractivity contribution in [1.82, 2.24) is 4.41 Å². The van der Waals surface area contributed by atoms with Gasteiger partial charge in [-0.1, -0.05) is 5.92 Å². The van der Waals surface area contributed by atoms with E-state index in [1.165, 1.54) is 0 Å². The maximum absolute atomic E-state index is 11.3. The van der Waals surface area contributed by atoms with Gasteiger partial charge in [0.15, 0.2) is 0 Å². The van der Waals surface area contributed by atoms with Crippen LogP contribution in [0.4, 0.5) is 4.79 Å². The van der Waals surface area contributed by atoms with Crippen LogP contribution in [0.5, 0.6) is 0 Å². The highest BCUT2D eigenvalue weighted by Gasteiger charge is 2.34. The van der Waals surface area contributed by atoms with Crippen LogP contribution in [0.3, 0.4) is 0 Å². The third kappa shape index (κ3) is 3.57. The summed E-state index contributed by atoms with van der Waals surface area (Å²) in [5.74, 6) is 5.49. The van der Waals surface area contributed by atoms with Crippen molar-refractivity contribution in [1.29, 1.82) is 0 Å². The zero-order valence-corrected chi connectivity index (χ0v) is 10.6. The van der Waals surface area contributed by atoms with Gasteiger partial charge in [-0.05, 0) is 0 Å². The van der Waals surface area contributed by atoms with Gasteiger partial charge in [-0.15, -0.1) is 10.8 Å². The smallest absolute Gasteiger partial charge is 0.438 e. The van der Waals surface area contributed by atoms with Crippen LogP contribution in [0.25, 0.3) is 0 Å². The lowest BCUT2D eigenvalue weighted by Crippen LogP contribution is -2.45. The number of nitrogens with two attached hydrogens (primary N) is 1. The molecule has 0 aromatic heterocycles. The molecule has 1 rings (SSSR count). The van der Waals surface area contributed by atoms with Gasteiger partial charge < -0.3 is 4.74 Å². The van der Waals surface area contributed by atoms with Crippen LogP contribution in [0.1, 0.15) is 0 Å². The lowest BCUT2D eigenvalue weighted by molar-refractivity contribution is 0.0782. The number of carbonyl (C=O) groups excluding carboxylic acids is 1. The molecule has 1 aliphatic heterocycles. The Morgan fingerprint density at radius 1 is 1.61 bits per heavy atom. The van der Waals surface area contributed by atoms with Crippen molar-refractivity contribution in [3.05, 3.63) is 0 Å². The molecule has 0 radical (unpaired) electrons. The normalized spacial score (nSPS) is 22.1. The zero-order chi connectivity index (χ0) is 14.0. The number of hydrogen-bond donors (Lipinski definition) is 1. The molecular formula is C7H10N2O7S2.